The first kappa shape index (κ1) is 12.3. The number of aryl methyl sites for hydroxylation is 1. The van der Waals surface area contributed by atoms with Gasteiger partial charge in [0.15, 0.2) is 11.5 Å². The fourth-order valence-electron chi connectivity index (χ4n) is 1.89. The molecule has 2 N–H and O–H groups in total. The van der Waals surface area contributed by atoms with Crippen molar-refractivity contribution in [3.05, 3.63) is 48.0 Å². The Morgan fingerprint density at radius 2 is 2.20 bits per heavy atom. The van der Waals surface area contributed by atoms with Gasteiger partial charge in [-0.3, -0.25) is 4.79 Å². The average Bonchev–Trinajstić information content (AvgIpc) is 2.91. The van der Waals surface area contributed by atoms with E-state index in [0.717, 1.165) is 17.5 Å². The quantitative estimate of drug-likeness (QED) is 0.761. The normalized spacial score (nSPS) is 10.7. The third kappa shape index (κ3) is 2.35. The molecular formula is C14H13N5O. The molecule has 0 unspecified atom stereocenters. The van der Waals surface area contributed by atoms with Crippen molar-refractivity contribution in [2.45, 2.75) is 13.3 Å². The van der Waals surface area contributed by atoms with Crippen LogP contribution in [-0.2, 0) is 6.42 Å². The monoisotopic (exact) mass is 267 g/mol. The number of nitrogens with zero attached hydrogens (tertiary/aromatic N) is 3. The minimum Gasteiger partial charge on any atom is -0.332 e. The summed E-state index contributed by atoms with van der Waals surface area (Å²) in [6, 6.07) is 7.37. The van der Waals surface area contributed by atoms with Gasteiger partial charge in [0, 0.05) is 12.4 Å². The molecule has 0 radical (unpaired) electrons. The topological polar surface area (TPSA) is 83.6 Å². The molecule has 3 aromatic heterocycles. The Labute approximate surface area is 115 Å². The second-order valence-electron chi connectivity index (χ2n) is 4.32. The van der Waals surface area contributed by atoms with Crippen molar-refractivity contribution in [1.82, 2.24) is 19.9 Å². The van der Waals surface area contributed by atoms with Crippen LogP contribution >= 0.6 is 0 Å². The van der Waals surface area contributed by atoms with Crippen molar-refractivity contribution < 1.29 is 4.79 Å². The summed E-state index contributed by atoms with van der Waals surface area (Å²) in [5.41, 5.74) is 2.36. The van der Waals surface area contributed by atoms with Crippen LogP contribution in [0.15, 0.2) is 36.7 Å². The molecule has 0 bridgehead atoms. The zero-order valence-electron chi connectivity index (χ0n) is 10.9. The van der Waals surface area contributed by atoms with Crippen molar-refractivity contribution in [3.8, 4) is 0 Å². The Kier molecular flexibility index (Phi) is 3.12. The summed E-state index contributed by atoms with van der Waals surface area (Å²) in [5.74, 6) is 0.411. The largest absolute Gasteiger partial charge is 0.332 e. The number of carbonyl (C=O) groups excluding carboxylic acids is 1. The lowest BCUT2D eigenvalue weighted by atomic mass is 10.2. The van der Waals surface area contributed by atoms with E-state index in [1.54, 1.807) is 18.5 Å². The standard InChI is InChI=1S/C14H13N5O/c1-2-9-5-7-15-11(8-9)18-14(20)13-17-10-4-3-6-16-12(10)19-13/h3-8H,2H2,1H3,(H,15,18,20)(H,16,17,19). The SMILES string of the molecule is CCc1ccnc(NC(=O)c2nc3ncccc3[nH]2)c1. The summed E-state index contributed by atoms with van der Waals surface area (Å²) in [6.07, 6.45) is 4.20. The summed E-state index contributed by atoms with van der Waals surface area (Å²) in [4.78, 5) is 27.4. The third-order valence-electron chi connectivity index (χ3n) is 2.95. The van der Waals surface area contributed by atoms with Crippen molar-refractivity contribution in [1.29, 1.82) is 0 Å². The van der Waals surface area contributed by atoms with Gasteiger partial charge in [-0.05, 0) is 36.2 Å². The fraction of sp³-hybridized carbons (Fsp3) is 0.143. The number of rotatable bonds is 3. The number of imidazole rings is 1. The van der Waals surface area contributed by atoms with Gasteiger partial charge in [0.1, 0.15) is 5.82 Å². The lowest BCUT2D eigenvalue weighted by Gasteiger charge is -2.03. The highest BCUT2D eigenvalue weighted by atomic mass is 16.2. The van der Waals surface area contributed by atoms with E-state index in [2.05, 4.69) is 25.3 Å². The van der Waals surface area contributed by atoms with E-state index >= 15 is 0 Å². The molecule has 100 valence electrons. The molecule has 20 heavy (non-hydrogen) atoms. The minimum atomic E-state index is -0.330. The van der Waals surface area contributed by atoms with Gasteiger partial charge in [0.2, 0.25) is 0 Å². The van der Waals surface area contributed by atoms with E-state index < -0.39 is 0 Å². The van der Waals surface area contributed by atoms with Crippen molar-refractivity contribution >= 4 is 22.9 Å². The lowest BCUT2D eigenvalue weighted by Crippen LogP contribution is -2.14. The van der Waals surface area contributed by atoms with Gasteiger partial charge >= 0.3 is 0 Å². The summed E-state index contributed by atoms with van der Waals surface area (Å²) in [6.45, 7) is 2.05. The Hall–Kier alpha value is -2.76. The molecule has 3 aromatic rings. The average molecular weight is 267 g/mol. The Morgan fingerprint density at radius 3 is 3.00 bits per heavy atom. The van der Waals surface area contributed by atoms with E-state index in [1.165, 1.54) is 0 Å². The van der Waals surface area contributed by atoms with E-state index in [4.69, 9.17) is 0 Å². The number of hydrogen-bond donors (Lipinski definition) is 2. The molecule has 0 aliphatic carbocycles. The van der Waals surface area contributed by atoms with Crippen LogP contribution in [0.1, 0.15) is 23.1 Å². The lowest BCUT2D eigenvalue weighted by molar-refractivity contribution is 0.101. The molecular weight excluding hydrogens is 254 g/mol. The van der Waals surface area contributed by atoms with Crippen LogP contribution in [0, 0.1) is 0 Å². The molecule has 1 amide bonds. The fourth-order valence-corrected chi connectivity index (χ4v) is 1.89. The summed E-state index contributed by atoms with van der Waals surface area (Å²) in [5, 5.41) is 2.72. The van der Waals surface area contributed by atoms with Crippen molar-refractivity contribution in [2.75, 3.05) is 5.32 Å². The molecule has 0 fully saturated rings. The maximum Gasteiger partial charge on any atom is 0.292 e. The van der Waals surface area contributed by atoms with Crippen LogP contribution in [-0.4, -0.2) is 25.8 Å². The third-order valence-corrected chi connectivity index (χ3v) is 2.95. The number of aromatic amines is 1. The van der Waals surface area contributed by atoms with Gasteiger partial charge in [-0.15, -0.1) is 0 Å². The summed E-state index contributed by atoms with van der Waals surface area (Å²) < 4.78 is 0. The minimum absolute atomic E-state index is 0.224. The highest BCUT2D eigenvalue weighted by Gasteiger charge is 2.12. The molecule has 6 nitrogen and oxygen atoms in total. The number of anilines is 1. The number of nitrogens with one attached hydrogen (secondary N) is 2. The van der Waals surface area contributed by atoms with Gasteiger partial charge < -0.3 is 10.3 Å². The maximum absolute atomic E-state index is 12.1. The molecule has 3 rings (SSSR count). The number of pyridine rings is 2. The first-order valence-electron chi connectivity index (χ1n) is 6.33. The van der Waals surface area contributed by atoms with Crippen LogP contribution in [0.3, 0.4) is 0 Å². The number of H-pyrrole nitrogens is 1. The van der Waals surface area contributed by atoms with E-state index in [0.29, 0.717) is 11.5 Å². The predicted octanol–water partition coefficient (Wildman–Crippen LogP) is 2.17. The van der Waals surface area contributed by atoms with Gasteiger partial charge in [-0.2, -0.15) is 0 Å². The zero-order valence-corrected chi connectivity index (χ0v) is 10.9. The molecule has 0 saturated carbocycles. The first-order valence-corrected chi connectivity index (χ1v) is 6.33. The van der Waals surface area contributed by atoms with E-state index in [-0.39, 0.29) is 11.7 Å². The zero-order chi connectivity index (χ0) is 13.9. The molecule has 3 heterocycles. The Morgan fingerprint density at radius 1 is 1.30 bits per heavy atom. The van der Waals surface area contributed by atoms with Crippen molar-refractivity contribution in [3.63, 3.8) is 0 Å². The number of carbonyl (C=O) groups is 1. The second-order valence-corrected chi connectivity index (χ2v) is 4.32. The molecule has 0 aliphatic rings. The van der Waals surface area contributed by atoms with E-state index in [1.807, 2.05) is 25.1 Å². The molecule has 0 aromatic carbocycles. The van der Waals surface area contributed by atoms with Gasteiger partial charge in [-0.25, -0.2) is 15.0 Å². The number of amides is 1. The highest BCUT2D eigenvalue weighted by molar-refractivity contribution is 6.02. The van der Waals surface area contributed by atoms with Crippen LogP contribution in [0.4, 0.5) is 5.82 Å². The summed E-state index contributed by atoms with van der Waals surface area (Å²) >= 11 is 0. The summed E-state index contributed by atoms with van der Waals surface area (Å²) in [7, 11) is 0. The van der Waals surface area contributed by atoms with Gasteiger partial charge in [-0.1, -0.05) is 6.92 Å². The number of hydrogen-bond acceptors (Lipinski definition) is 4. The Balaban J connectivity index is 1.85. The van der Waals surface area contributed by atoms with Crippen molar-refractivity contribution in [2.24, 2.45) is 0 Å². The highest BCUT2D eigenvalue weighted by Crippen LogP contribution is 2.11. The smallest absolute Gasteiger partial charge is 0.292 e. The Bertz CT molecular complexity index is 732. The molecule has 0 saturated heterocycles. The van der Waals surface area contributed by atoms with Gasteiger partial charge in [0.25, 0.3) is 5.91 Å². The maximum atomic E-state index is 12.1. The predicted molar refractivity (Wildman–Crippen MR) is 75.5 cm³/mol. The second kappa shape index (κ2) is 5.08. The molecule has 0 spiro atoms. The first-order chi connectivity index (χ1) is 9.76. The molecule has 0 aliphatic heterocycles. The number of fused-ring (bicyclic) bond motifs is 1. The number of aromatic nitrogens is 4. The molecule has 6 heteroatoms. The van der Waals surface area contributed by atoms with Crippen LogP contribution in [0.5, 0.6) is 0 Å². The van der Waals surface area contributed by atoms with Crippen LogP contribution < -0.4 is 5.32 Å². The van der Waals surface area contributed by atoms with Crippen LogP contribution in [0.2, 0.25) is 0 Å². The van der Waals surface area contributed by atoms with Gasteiger partial charge in [0.05, 0.1) is 5.52 Å². The van der Waals surface area contributed by atoms with E-state index in [9.17, 15) is 4.79 Å². The molecule has 0 atom stereocenters. The van der Waals surface area contributed by atoms with Crippen LogP contribution in [0.25, 0.3) is 11.2 Å².